The minimum atomic E-state index is -0.538. The average molecular weight is 225 g/mol. The number of benzene rings is 1. The maximum atomic E-state index is 11.1. The Morgan fingerprint density at radius 3 is 2.80 bits per heavy atom. The summed E-state index contributed by atoms with van der Waals surface area (Å²) >= 11 is 5.96. The molecule has 78 valence electrons. The van der Waals surface area contributed by atoms with Crippen LogP contribution in [0.25, 0.3) is 0 Å². The zero-order chi connectivity index (χ0) is 10.8. The van der Waals surface area contributed by atoms with E-state index < -0.39 is 12.1 Å². The van der Waals surface area contributed by atoms with E-state index in [1.807, 2.05) is 6.07 Å². The summed E-state index contributed by atoms with van der Waals surface area (Å²) in [5.41, 5.74) is 0.715. The molecule has 4 heteroatoms. The van der Waals surface area contributed by atoms with Gasteiger partial charge in [0.2, 0.25) is 0 Å². The molecule has 1 aromatic carbocycles. The molecule has 1 N–H and O–H groups in total. The lowest BCUT2D eigenvalue weighted by Gasteiger charge is -2.21. The number of carbonyl (C=O) groups excluding carboxylic acids is 1. The first kappa shape index (κ1) is 10.1. The lowest BCUT2D eigenvalue weighted by molar-refractivity contribution is -0.145. The summed E-state index contributed by atoms with van der Waals surface area (Å²) in [6.45, 7) is 0. The molecule has 0 saturated heterocycles. The summed E-state index contributed by atoms with van der Waals surface area (Å²) in [5.74, 6) is -0.514. The molecule has 3 nitrogen and oxygen atoms in total. The van der Waals surface area contributed by atoms with Gasteiger partial charge in [0.25, 0.3) is 0 Å². The van der Waals surface area contributed by atoms with Gasteiger partial charge in [-0.1, -0.05) is 29.8 Å². The minimum Gasteiger partial charge on any atom is -0.512 e. The van der Waals surface area contributed by atoms with E-state index in [1.54, 1.807) is 18.2 Å². The molecule has 1 heterocycles. The third kappa shape index (κ3) is 2.13. The van der Waals surface area contributed by atoms with Crippen molar-refractivity contribution in [2.24, 2.45) is 0 Å². The fourth-order valence-electron chi connectivity index (χ4n) is 1.51. The van der Waals surface area contributed by atoms with Gasteiger partial charge in [-0.25, -0.2) is 4.79 Å². The zero-order valence-electron chi connectivity index (χ0n) is 7.81. The fourth-order valence-corrected chi connectivity index (χ4v) is 1.77. The number of rotatable bonds is 1. The van der Waals surface area contributed by atoms with Gasteiger partial charge < -0.3 is 9.84 Å². The number of aliphatic hydroxyl groups excluding tert-OH is 1. The van der Waals surface area contributed by atoms with Crippen LogP contribution in [0.4, 0.5) is 0 Å². The van der Waals surface area contributed by atoms with E-state index in [9.17, 15) is 9.90 Å². The van der Waals surface area contributed by atoms with Crippen LogP contribution in [0.2, 0.25) is 5.02 Å². The lowest BCUT2D eigenvalue weighted by atomic mass is 10.0. The highest BCUT2D eigenvalue weighted by atomic mass is 35.5. The molecule has 1 aliphatic rings. The summed E-state index contributed by atoms with van der Waals surface area (Å²) < 4.78 is 5.06. The predicted octanol–water partition coefficient (Wildman–Crippen LogP) is 2.77. The molecule has 1 unspecified atom stereocenters. The molecule has 0 spiro atoms. The number of hydrogen-bond donors (Lipinski definition) is 1. The Labute approximate surface area is 91.9 Å². The summed E-state index contributed by atoms with van der Waals surface area (Å²) in [7, 11) is 0. The topological polar surface area (TPSA) is 46.5 Å². The maximum Gasteiger partial charge on any atom is 0.334 e. The quantitative estimate of drug-likeness (QED) is 0.747. The molecular formula is C11H9ClO3. The molecule has 2 rings (SSSR count). The van der Waals surface area contributed by atoms with Crippen LogP contribution in [0.3, 0.4) is 0 Å². The largest absolute Gasteiger partial charge is 0.512 e. The Bertz CT molecular complexity index is 426. The Morgan fingerprint density at radius 1 is 1.40 bits per heavy atom. The summed E-state index contributed by atoms with van der Waals surface area (Å²) in [6.07, 6.45) is 0.860. The van der Waals surface area contributed by atoms with Crippen molar-refractivity contribution in [1.82, 2.24) is 0 Å². The molecular weight excluding hydrogens is 216 g/mol. The number of esters is 1. The van der Waals surface area contributed by atoms with Crippen molar-refractivity contribution < 1.29 is 14.6 Å². The summed E-state index contributed by atoms with van der Waals surface area (Å²) in [4.78, 5) is 11.1. The van der Waals surface area contributed by atoms with Crippen LogP contribution >= 0.6 is 11.6 Å². The van der Waals surface area contributed by atoms with Crippen molar-refractivity contribution in [3.8, 4) is 0 Å². The first-order valence-corrected chi connectivity index (χ1v) is 4.89. The van der Waals surface area contributed by atoms with Gasteiger partial charge >= 0.3 is 5.97 Å². The number of aliphatic hydroxyl groups is 1. The average Bonchev–Trinajstić information content (AvgIpc) is 2.16. The van der Waals surface area contributed by atoms with Crippen LogP contribution in [0.5, 0.6) is 0 Å². The third-order valence-corrected chi connectivity index (χ3v) is 2.53. The van der Waals surface area contributed by atoms with E-state index >= 15 is 0 Å². The van der Waals surface area contributed by atoms with Gasteiger partial charge in [0.05, 0.1) is 6.08 Å². The van der Waals surface area contributed by atoms with E-state index in [4.69, 9.17) is 16.3 Å². The first-order chi connectivity index (χ1) is 7.16. The normalized spacial score (nSPS) is 20.7. The number of carbonyl (C=O) groups is 1. The summed E-state index contributed by atoms with van der Waals surface area (Å²) in [6, 6.07) is 7.11. The molecule has 0 aromatic heterocycles. The first-order valence-electron chi connectivity index (χ1n) is 4.51. The number of halogens is 1. The standard InChI is InChI=1S/C11H9ClO3/c12-9-4-2-1-3-8(9)10-5-7(13)6-11(14)15-10/h1-4,6,10,13H,5H2. The zero-order valence-corrected chi connectivity index (χ0v) is 8.57. The van der Waals surface area contributed by atoms with E-state index in [0.717, 1.165) is 6.08 Å². The number of ether oxygens (including phenoxy) is 1. The van der Waals surface area contributed by atoms with Crippen molar-refractivity contribution in [1.29, 1.82) is 0 Å². The second-order valence-corrected chi connectivity index (χ2v) is 3.69. The van der Waals surface area contributed by atoms with Crippen LogP contribution < -0.4 is 0 Å². The Hall–Kier alpha value is -1.48. The highest BCUT2D eigenvalue weighted by molar-refractivity contribution is 6.31. The Morgan fingerprint density at radius 2 is 2.13 bits per heavy atom. The molecule has 0 aliphatic carbocycles. The third-order valence-electron chi connectivity index (χ3n) is 2.19. The molecule has 1 aliphatic heterocycles. The lowest BCUT2D eigenvalue weighted by Crippen LogP contribution is -2.16. The molecule has 0 fully saturated rings. The van der Waals surface area contributed by atoms with Gasteiger partial charge in [0.15, 0.2) is 0 Å². The van der Waals surface area contributed by atoms with Crippen molar-refractivity contribution in [2.45, 2.75) is 12.5 Å². The predicted molar refractivity (Wildman–Crippen MR) is 55.6 cm³/mol. The highest BCUT2D eigenvalue weighted by Gasteiger charge is 2.24. The van der Waals surface area contributed by atoms with E-state index in [1.165, 1.54) is 0 Å². The SMILES string of the molecule is O=C1C=C(O)CC(c2ccccc2Cl)O1. The molecule has 0 radical (unpaired) electrons. The Balaban J connectivity index is 2.30. The van der Waals surface area contributed by atoms with Gasteiger partial charge in [-0.3, -0.25) is 0 Å². The van der Waals surface area contributed by atoms with Gasteiger partial charge in [-0.05, 0) is 6.07 Å². The molecule has 15 heavy (non-hydrogen) atoms. The van der Waals surface area contributed by atoms with Gasteiger partial charge in [-0.15, -0.1) is 0 Å². The van der Waals surface area contributed by atoms with Crippen LogP contribution in [0, 0.1) is 0 Å². The van der Waals surface area contributed by atoms with Crippen LogP contribution in [-0.4, -0.2) is 11.1 Å². The van der Waals surface area contributed by atoms with E-state index in [2.05, 4.69) is 0 Å². The second kappa shape index (κ2) is 3.95. The number of hydrogen-bond acceptors (Lipinski definition) is 3. The van der Waals surface area contributed by atoms with Crippen molar-refractivity contribution in [3.05, 3.63) is 46.7 Å². The van der Waals surface area contributed by atoms with Crippen molar-refractivity contribution in [3.63, 3.8) is 0 Å². The fraction of sp³-hybridized carbons (Fsp3) is 0.182. The Kier molecular flexibility index (Phi) is 2.64. The van der Waals surface area contributed by atoms with Gasteiger partial charge in [-0.2, -0.15) is 0 Å². The summed E-state index contributed by atoms with van der Waals surface area (Å²) in [5, 5.41) is 9.85. The smallest absolute Gasteiger partial charge is 0.334 e. The van der Waals surface area contributed by atoms with E-state index in [-0.39, 0.29) is 12.2 Å². The molecule has 0 amide bonds. The van der Waals surface area contributed by atoms with Crippen LogP contribution in [-0.2, 0) is 9.53 Å². The van der Waals surface area contributed by atoms with Gasteiger partial charge in [0.1, 0.15) is 11.9 Å². The maximum absolute atomic E-state index is 11.1. The molecule has 1 aromatic rings. The molecule has 1 atom stereocenters. The van der Waals surface area contributed by atoms with E-state index in [0.29, 0.717) is 10.6 Å². The van der Waals surface area contributed by atoms with Crippen molar-refractivity contribution in [2.75, 3.05) is 0 Å². The van der Waals surface area contributed by atoms with Crippen LogP contribution in [0.1, 0.15) is 18.1 Å². The number of cyclic esters (lactones) is 1. The van der Waals surface area contributed by atoms with Gasteiger partial charge in [0, 0.05) is 17.0 Å². The molecule has 0 bridgehead atoms. The minimum absolute atomic E-state index is 0.0242. The van der Waals surface area contributed by atoms with Crippen molar-refractivity contribution >= 4 is 17.6 Å². The highest BCUT2D eigenvalue weighted by Crippen LogP contribution is 2.32. The monoisotopic (exact) mass is 224 g/mol. The van der Waals surface area contributed by atoms with Crippen LogP contribution in [0.15, 0.2) is 36.1 Å². The second-order valence-electron chi connectivity index (χ2n) is 3.29. The molecule has 0 saturated carbocycles.